The number of methoxy groups -OCH3 is 3. The Morgan fingerprint density at radius 2 is 1.48 bits per heavy atom. The van der Waals surface area contributed by atoms with Gasteiger partial charge in [0.05, 0.1) is 21.3 Å². The van der Waals surface area contributed by atoms with Crippen LogP contribution in [-0.4, -0.2) is 33.8 Å². The third-order valence-corrected chi connectivity index (χ3v) is 4.45. The Kier molecular flexibility index (Phi) is 6.72. The van der Waals surface area contributed by atoms with Gasteiger partial charge in [0.2, 0.25) is 5.75 Å². The van der Waals surface area contributed by atoms with Crippen LogP contribution in [0.1, 0.15) is 42.3 Å². The molecule has 5 heteroatoms. The standard InChI is InChI=1S/C22H29NO4/c1-22(2,3)17-9-7-15(8-10-17)11-12-23-21(24)16-13-18(25-4)20(27-6)19(14-16)26-5/h7-10,13-14H,11-12H2,1-6H3,(H,23,24). The van der Waals surface area contributed by atoms with Crippen molar-refractivity contribution in [3.8, 4) is 17.2 Å². The molecular weight excluding hydrogens is 342 g/mol. The molecule has 0 aliphatic heterocycles. The van der Waals surface area contributed by atoms with Crippen LogP contribution in [0.4, 0.5) is 0 Å². The summed E-state index contributed by atoms with van der Waals surface area (Å²) in [5, 5.41) is 2.94. The van der Waals surface area contributed by atoms with Gasteiger partial charge in [0.25, 0.3) is 5.91 Å². The molecule has 2 rings (SSSR count). The van der Waals surface area contributed by atoms with E-state index in [1.165, 1.54) is 32.5 Å². The average molecular weight is 371 g/mol. The lowest BCUT2D eigenvalue weighted by Crippen LogP contribution is -2.25. The van der Waals surface area contributed by atoms with Gasteiger partial charge in [-0.25, -0.2) is 0 Å². The molecule has 27 heavy (non-hydrogen) atoms. The van der Waals surface area contributed by atoms with Gasteiger partial charge in [-0.15, -0.1) is 0 Å². The van der Waals surface area contributed by atoms with E-state index in [1.54, 1.807) is 12.1 Å². The molecule has 2 aromatic carbocycles. The van der Waals surface area contributed by atoms with E-state index in [4.69, 9.17) is 14.2 Å². The van der Waals surface area contributed by atoms with Crippen molar-refractivity contribution >= 4 is 5.91 Å². The van der Waals surface area contributed by atoms with E-state index >= 15 is 0 Å². The highest BCUT2D eigenvalue weighted by molar-refractivity contribution is 5.95. The zero-order chi connectivity index (χ0) is 20.0. The van der Waals surface area contributed by atoms with Gasteiger partial charge in [-0.3, -0.25) is 4.79 Å². The lowest BCUT2D eigenvalue weighted by Gasteiger charge is -2.19. The van der Waals surface area contributed by atoms with Gasteiger partial charge in [-0.1, -0.05) is 45.0 Å². The Morgan fingerprint density at radius 1 is 0.926 bits per heavy atom. The number of ether oxygens (including phenoxy) is 3. The molecule has 0 atom stereocenters. The second kappa shape index (κ2) is 8.80. The van der Waals surface area contributed by atoms with Gasteiger partial charge in [0.1, 0.15) is 0 Å². The molecule has 0 radical (unpaired) electrons. The van der Waals surface area contributed by atoms with Crippen LogP contribution in [0.3, 0.4) is 0 Å². The molecule has 2 aromatic rings. The highest BCUT2D eigenvalue weighted by Crippen LogP contribution is 2.38. The summed E-state index contributed by atoms with van der Waals surface area (Å²) < 4.78 is 15.9. The number of rotatable bonds is 7. The molecule has 0 heterocycles. The quantitative estimate of drug-likeness (QED) is 0.800. The first-order valence-electron chi connectivity index (χ1n) is 8.97. The number of hydrogen-bond donors (Lipinski definition) is 1. The third-order valence-electron chi connectivity index (χ3n) is 4.45. The van der Waals surface area contributed by atoms with E-state index in [0.29, 0.717) is 29.4 Å². The molecule has 0 saturated heterocycles. The molecule has 1 amide bonds. The minimum atomic E-state index is -0.180. The van der Waals surface area contributed by atoms with Gasteiger partial charge in [0, 0.05) is 12.1 Å². The monoisotopic (exact) mass is 371 g/mol. The molecule has 0 fully saturated rings. The van der Waals surface area contributed by atoms with E-state index in [0.717, 1.165) is 6.42 Å². The molecule has 0 spiro atoms. The first kappa shape index (κ1) is 20.6. The molecule has 0 saturated carbocycles. The summed E-state index contributed by atoms with van der Waals surface area (Å²) in [6.07, 6.45) is 0.764. The van der Waals surface area contributed by atoms with Crippen molar-refractivity contribution in [2.24, 2.45) is 0 Å². The number of nitrogens with one attached hydrogen (secondary N) is 1. The minimum Gasteiger partial charge on any atom is -0.493 e. The Bertz CT molecular complexity index is 751. The second-order valence-corrected chi connectivity index (χ2v) is 7.37. The van der Waals surface area contributed by atoms with Crippen molar-refractivity contribution in [2.75, 3.05) is 27.9 Å². The van der Waals surface area contributed by atoms with Crippen LogP contribution < -0.4 is 19.5 Å². The van der Waals surface area contributed by atoms with Gasteiger partial charge in [-0.2, -0.15) is 0 Å². The largest absolute Gasteiger partial charge is 0.493 e. The van der Waals surface area contributed by atoms with E-state index in [2.05, 4.69) is 50.4 Å². The highest BCUT2D eigenvalue weighted by Gasteiger charge is 2.17. The predicted octanol–water partition coefficient (Wildman–Crippen LogP) is 3.98. The van der Waals surface area contributed by atoms with Gasteiger partial charge in [0.15, 0.2) is 11.5 Å². The predicted molar refractivity (Wildman–Crippen MR) is 107 cm³/mol. The molecule has 146 valence electrons. The smallest absolute Gasteiger partial charge is 0.251 e. The van der Waals surface area contributed by atoms with Crippen molar-refractivity contribution < 1.29 is 19.0 Å². The molecule has 0 bridgehead atoms. The van der Waals surface area contributed by atoms with Crippen molar-refractivity contribution in [1.29, 1.82) is 0 Å². The summed E-state index contributed by atoms with van der Waals surface area (Å²) >= 11 is 0. The normalized spacial score (nSPS) is 11.0. The fourth-order valence-electron chi connectivity index (χ4n) is 2.81. The maximum Gasteiger partial charge on any atom is 0.251 e. The topological polar surface area (TPSA) is 56.8 Å². The number of carbonyl (C=O) groups excluding carboxylic acids is 1. The number of hydrogen-bond acceptors (Lipinski definition) is 4. The lowest BCUT2D eigenvalue weighted by molar-refractivity contribution is 0.0953. The van der Waals surface area contributed by atoms with Crippen LogP contribution in [-0.2, 0) is 11.8 Å². The molecule has 5 nitrogen and oxygen atoms in total. The zero-order valence-electron chi connectivity index (χ0n) is 17.0. The molecule has 0 aliphatic carbocycles. The van der Waals surface area contributed by atoms with Crippen LogP contribution in [0, 0.1) is 0 Å². The van der Waals surface area contributed by atoms with Gasteiger partial charge >= 0.3 is 0 Å². The molecule has 0 aromatic heterocycles. The average Bonchev–Trinajstić information content (AvgIpc) is 2.66. The van der Waals surface area contributed by atoms with Crippen LogP contribution in [0.15, 0.2) is 36.4 Å². The summed E-state index contributed by atoms with van der Waals surface area (Å²) in [6.45, 7) is 7.13. The van der Waals surface area contributed by atoms with Gasteiger partial charge < -0.3 is 19.5 Å². The number of carbonyl (C=O) groups is 1. The maximum absolute atomic E-state index is 12.5. The molecule has 0 unspecified atom stereocenters. The van der Waals surface area contributed by atoms with Crippen LogP contribution in [0.25, 0.3) is 0 Å². The Hall–Kier alpha value is -2.69. The lowest BCUT2D eigenvalue weighted by atomic mass is 9.86. The summed E-state index contributed by atoms with van der Waals surface area (Å²) in [7, 11) is 4.59. The summed E-state index contributed by atoms with van der Waals surface area (Å²) in [6, 6.07) is 11.8. The molecule has 1 N–H and O–H groups in total. The highest BCUT2D eigenvalue weighted by atomic mass is 16.5. The maximum atomic E-state index is 12.5. The summed E-state index contributed by atoms with van der Waals surface area (Å²) in [5.41, 5.74) is 3.09. The fraction of sp³-hybridized carbons (Fsp3) is 0.409. The molecular formula is C22H29NO4. The Labute approximate surface area is 161 Å². The SMILES string of the molecule is COc1cc(C(=O)NCCc2ccc(C(C)(C)C)cc2)cc(OC)c1OC. The van der Waals surface area contributed by atoms with Crippen molar-refractivity contribution in [3.63, 3.8) is 0 Å². The number of benzene rings is 2. The zero-order valence-corrected chi connectivity index (χ0v) is 17.0. The number of amides is 1. The third kappa shape index (κ3) is 5.16. The van der Waals surface area contributed by atoms with Crippen molar-refractivity contribution in [1.82, 2.24) is 5.32 Å². The van der Waals surface area contributed by atoms with Gasteiger partial charge in [-0.05, 0) is 35.1 Å². The van der Waals surface area contributed by atoms with Crippen molar-refractivity contribution in [3.05, 3.63) is 53.1 Å². The summed E-state index contributed by atoms with van der Waals surface area (Å²) in [5.74, 6) is 1.20. The minimum absolute atomic E-state index is 0.138. The van der Waals surface area contributed by atoms with Crippen LogP contribution in [0.2, 0.25) is 0 Å². The van der Waals surface area contributed by atoms with E-state index in [9.17, 15) is 4.79 Å². The van der Waals surface area contributed by atoms with Crippen molar-refractivity contribution in [2.45, 2.75) is 32.6 Å². The first-order chi connectivity index (χ1) is 12.8. The Balaban J connectivity index is 2.01. The second-order valence-electron chi connectivity index (χ2n) is 7.37. The van der Waals surface area contributed by atoms with E-state index in [-0.39, 0.29) is 11.3 Å². The van der Waals surface area contributed by atoms with Crippen LogP contribution in [0.5, 0.6) is 17.2 Å². The Morgan fingerprint density at radius 3 is 1.93 bits per heavy atom. The summed E-state index contributed by atoms with van der Waals surface area (Å²) in [4.78, 5) is 12.5. The van der Waals surface area contributed by atoms with Crippen LogP contribution >= 0.6 is 0 Å². The van der Waals surface area contributed by atoms with E-state index < -0.39 is 0 Å². The first-order valence-corrected chi connectivity index (χ1v) is 8.97. The van der Waals surface area contributed by atoms with E-state index in [1.807, 2.05) is 0 Å². The molecule has 0 aliphatic rings. The fourth-order valence-corrected chi connectivity index (χ4v) is 2.81.